The average molecular weight is 750 g/mol. The Bertz CT molecular complexity index is 1430. The van der Waals surface area contributed by atoms with Crippen LogP contribution in [0.4, 0.5) is 0 Å². The van der Waals surface area contributed by atoms with E-state index in [9.17, 15) is 0 Å². The van der Waals surface area contributed by atoms with Gasteiger partial charge in [-0.3, -0.25) is 0 Å². The Labute approximate surface area is 326 Å². The molecule has 4 atom stereocenters. The number of hydrogen-bond acceptors (Lipinski definition) is 6. The van der Waals surface area contributed by atoms with Crippen LogP contribution < -0.4 is 4.18 Å². The van der Waals surface area contributed by atoms with E-state index in [0.717, 1.165) is 41.0 Å². The lowest BCUT2D eigenvalue weighted by Crippen LogP contribution is -2.27. The summed E-state index contributed by atoms with van der Waals surface area (Å²) in [4.78, 5) is 4.41. The fourth-order valence-corrected chi connectivity index (χ4v) is 5.51. The van der Waals surface area contributed by atoms with Crippen molar-refractivity contribution < 1.29 is 23.1 Å². The molecule has 1 heterocycles. The summed E-state index contributed by atoms with van der Waals surface area (Å²) in [7, 11) is -1.34. The fourth-order valence-electron chi connectivity index (χ4n) is 4.68. The van der Waals surface area contributed by atoms with Crippen molar-refractivity contribution in [2.75, 3.05) is 32.3 Å². The maximum atomic E-state index is 6.47. The van der Waals surface area contributed by atoms with E-state index in [0.29, 0.717) is 31.8 Å². The Morgan fingerprint density at radius 1 is 1.08 bits per heavy atom. The molecule has 0 saturated carbocycles. The van der Waals surface area contributed by atoms with E-state index in [4.69, 9.17) is 29.6 Å². The second-order valence-electron chi connectivity index (χ2n) is 14.9. The number of ether oxygens (including phenoxy) is 4. The average Bonchev–Trinajstić information content (AvgIpc) is 3.11. The van der Waals surface area contributed by atoms with Gasteiger partial charge in [0.2, 0.25) is 5.90 Å². The van der Waals surface area contributed by atoms with Gasteiger partial charge in [-0.05, 0) is 133 Å². The van der Waals surface area contributed by atoms with Gasteiger partial charge in [0.25, 0.3) is 0 Å². The summed E-state index contributed by atoms with van der Waals surface area (Å²) in [5, 5.41) is 0. The first kappa shape index (κ1) is 47.7. The molecule has 0 radical (unpaired) electrons. The highest BCUT2D eigenvalue weighted by Crippen LogP contribution is 2.53. The van der Waals surface area contributed by atoms with Gasteiger partial charge in [-0.1, -0.05) is 86.1 Å². The van der Waals surface area contributed by atoms with Gasteiger partial charge in [0.05, 0.1) is 30.8 Å². The number of aliphatic imine (C=N–C) groups is 1. The van der Waals surface area contributed by atoms with E-state index >= 15 is 0 Å². The number of nitrogens with zero attached hydrogens (tertiary/aromatic N) is 1. The Morgan fingerprint density at radius 3 is 2.30 bits per heavy atom. The molecule has 3 rings (SSSR count). The Kier molecular flexibility index (Phi) is 23.1. The smallest absolute Gasteiger partial charge is 0.212 e. The van der Waals surface area contributed by atoms with E-state index in [2.05, 4.69) is 97.2 Å². The van der Waals surface area contributed by atoms with Crippen LogP contribution in [-0.2, 0) is 25.6 Å². The molecule has 0 bridgehead atoms. The second kappa shape index (κ2) is 25.7. The zero-order valence-electron chi connectivity index (χ0n) is 34.9. The molecule has 1 saturated heterocycles. The maximum Gasteiger partial charge on any atom is 0.212 e. The molecule has 1 aliphatic heterocycles. The van der Waals surface area contributed by atoms with E-state index in [1.54, 1.807) is 12.3 Å². The largest absolute Gasteiger partial charge is 0.475 e. The van der Waals surface area contributed by atoms with E-state index in [1.807, 2.05) is 56.3 Å². The molecule has 2 aromatic rings. The van der Waals surface area contributed by atoms with Crippen LogP contribution >= 0.6 is 10.3 Å². The predicted octanol–water partition coefficient (Wildman–Crippen LogP) is 11.9. The van der Waals surface area contributed by atoms with Crippen LogP contribution in [0.3, 0.4) is 0 Å². The normalized spacial score (nSPS) is 16.8. The molecule has 6 nitrogen and oxygen atoms in total. The number of aryl methyl sites for hydroxylation is 1. The second-order valence-corrected chi connectivity index (χ2v) is 18.7. The van der Waals surface area contributed by atoms with E-state index in [1.165, 1.54) is 25.7 Å². The number of hydrogen-bond donors (Lipinski definition) is 0. The zero-order chi connectivity index (χ0) is 39.9. The topological polar surface area (TPSA) is 58.5 Å². The van der Waals surface area contributed by atoms with Crippen molar-refractivity contribution in [1.82, 2.24) is 0 Å². The Morgan fingerprint density at radius 2 is 1.75 bits per heavy atom. The van der Waals surface area contributed by atoms with E-state index in [-0.39, 0.29) is 22.9 Å². The molecule has 2 aromatic carbocycles. The monoisotopic (exact) mass is 750 g/mol. The van der Waals surface area contributed by atoms with Crippen LogP contribution in [0.15, 0.2) is 90.6 Å². The lowest BCUT2D eigenvalue weighted by molar-refractivity contribution is -0.00929. The third kappa shape index (κ3) is 19.6. The van der Waals surface area contributed by atoms with Crippen molar-refractivity contribution in [3.05, 3.63) is 102 Å². The molecular formula is C46H71NO5S. The molecule has 0 spiro atoms. The fraction of sp³-hybridized carbons (Fsp3) is 0.543. The first-order valence-electron chi connectivity index (χ1n) is 19.1. The standard InChI is InChI=1S/C37H51NO4S.C6H12O.C3H8/c1-12-34(35-25-33(20-19-28(35)3)42-43(10,11)37(7,8)9)29(4)21-23-38-36(13-2)41-26-31(6)39-24-22-30(5)40-27-32-17-15-14-16-18-32;1-6-4-2-3-5-7-6;1-3-2/h1,13-21,23,25,30-31,34H,2,4,22,24,26-27H2,3,5-11H3;6H,2-5H2,1H3;3H2,1-2H3/b23-21-,38-36?;;/t30-,31+,34?;;/m1../s1. The molecular weight excluding hydrogens is 679 g/mol. The van der Waals surface area contributed by atoms with Crippen LogP contribution in [-0.4, -0.2) is 61.3 Å². The molecule has 296 valence electrons. The highest BCUT2D eigenvalue weighted by Gasteiger charge is 2.30. The van der Waals surface area contributed by atoms with Crippen LogP contribution in [0.25, 0.3) is 0 Å². The molecule has 1 aliphatic rings. The van der Waals surface area contributed by atoms with Crippen molar-refractivity contribution in [2.45, 2.75) is 130 Å². The van der Waals surface area contributed by atoms with Crippen molar-refractivity contribution in [3.63, 3.8) is 0 Å². The maximum absolute atomic E-state index is 6.47. The minimum absolute atomic E-state index is 0.0406. The Balaban J connectivity index is 0.00000122. The molecule has 0 aliphatic carbocycles. The summed E-state index contributed by atoms with van der Waals surface area (Å²) in [6.07, 6.45) is 21.8. The van der Waals surface area contributed by atoms with Crippen LogP contribution in [0, 0.1) is 19.3 Å². The Hall–Kier alpha value is -3.28. The van der Waals surface area contributed by atoms with Gasteiger partial charge >= 0.3 is 0 Å². The molecule has 2 unspecified atom stereocenters. The van der Waals surface area contributed by atoms with Gasteiger partial charge in [-0.15, -0.1) is 6.42 Å². The predicted molar refractivity (Wildman–Crippen MR) is 230 cm³/mol. The number of benzene rings is 2. The molecule has 1 fully saturated rings. The minimum Gasteiger partial charge on any atom is -0.475 e. The van der Waals surface area contributed by atoms with Crippen molar-refractivity contribution >= 4 is 16.2 Å². The minimum atomic E-state index is -1.34. The highest BCUT2D eigenvalue weighted by molar-refractivity contribution is 8.30. The summed E-state index contributed by atoms with van der Waals surface area (Å²) >= 11 is 0. The van der Waals surface area contributed by atoms with Crippen molar-refractivity contribution in [2.24, 2.45) is 4.99 Å². The molecule has 0 N–H and O–H groups in total. The van der Waals surface area contributed by atoms with Crippen LogP contribution in [0.5, 0.6) is 5.75 Å². The summed E-state index contributed by atoms with van der Waals surface area (Å²) < 4.78 is 29.4. The number of terminal acetylenes is 1. The third-order valence-corrected chi connectivity index (χ3v) is 12.3. The number of rotatable bonds is 16. The highest BCUT2D eigenvalue weighted by atomic mass is 32.3. The van der Waals surface area contributed by atoms with Gasteiger partial charge in [0.15, 0.2) is 0 Å². The summed E-state index contributed by atoms with van der Waals surface area (Å²) in [6.45, 7) is 29.6. The quantitative estimate of drug-likeness (QED) is 0.0740. The molecule has 7 heteroatoms. The lowest BCUT2D eigenvalue weighted by atomic mass is 9.89. The van der Waals surface area contributed by atoms with Gasteiger partial charge < -0.3 is 23.1 Å². The van der Waals surface area contributed by atoms with Crippen LogP contribution in [0.1, 0.15) is 110 Å². The van der Waals surface area contributed by atoms with Gasteiger partial charge in [-0.2, -0.15) is 0 Å². The lowest BCUT2D eigenvalue weighted by Gasteiger charge is -2.43. The molecule has 0 amide bonds. The third-order valence-electron chi connectivity index (χ3n) is 8.72. The van der Waals surface area contributed by atoms with Crippen molar-refractivity contribution in [1.29, 1.82) is 0 Å². The molecule has 0 aromatic heterocycles. The zero-order valence-corrected chi connectivity index (χ0v) is 35.7. The van der Waals surface area contributed by atoms with Crippen LogP contribution in [0.2, 0.25) is 0 Å². The number of allylic oxidation sites excluding steroid dienone is 2. The summed E-state index contributed by atoms with van der Waals surface area (Å²) in [6, 6.07) is 16.3. The SMILES string of the molecule is C#CC(C(=C)/C=C\N=C(C=C)OC[C@H](C)OCC[C@@H](C)OCc1ccccc1)c1cc(OS(C)(C)C(C)(C)C)ccc1C.CC1CCCCO1.CCC. The molecule has 53 heavy (non-hydrogen) atoms. The van der Waals surface area contributed by atoms with Gasteiger partial charge in [0.1, 0.15) is 12.4 Å². The first-order chi connectivity index (χ1) is 25.1. The van der Waals surface area contributed by atoms with E-state index < -0.39 is 10.3 Å². The summed E-state index contributed by atoms with van der Waals surface area (Å²) in [5.74, 6) is 3.79. The van der Waals surface area contributed by atoms with Gasteiger partial charge in [-0.25, -0.2) is 4.99 Å². The first-order valence-corrected chi connectivity index (χ1v) is 21.5. The van der Waals surface area contributed by atoms with Crippen molar-refractivity contribution in [3.8, 4) is 18.1 Å². The van der Waals surface area contributed by atoms with Gasteiger partial charge in [0, 0.05) is 24.2 Å². The summed E-state index contributed by atoms with van der Waals surface area (Å²) in [5.41, 5.74) is 3.99.